The van der Waals surface area contributed by atoms with Gasteiger partial charge in [0.2, 0.25) is 0 Å². The van der Waals surface area contributed by atoms with Crippen LogP contribution in [0.1, 0.15) is 54.4 Å². The number of H-pyrrole nitrogens is 1. The first-order valence-electron chi connectivity index (χ1n) is 14.5. The molecular weight excluding hydrogens is 528 g/mol. The number of fused-ring (bicyclic) bond motifs is 1. The Hall–Kier alpha value is -4.30. The predicted molar refractivity (Wildman–Crippen MR) is 167 cm³/mol. The van der Waals surface area contributed by atoms with Crippen LogP contribution in [-0.2, 0) is 24.3 Å². The molecule has 4 rings (SSSR count). The summed E-state index contributed by atoms with van der Waals surface area (Å²) >= 11 is 0. The molecule has 0 saturated heterocycles. The number of amides is 2. The van der Waals surface area contributed by atoms with Crippen LogP contribution in [0.4, 0.5) is 4.79 Å². The monoisotopic (exact) mass is 570 g/mol. The van der Waals surface area contributed by atoms with E-state index >= 15 is 0 Å². The average Bonchev–Trinajstić information content (AvgIpc) is 3.39. The number of benzene rings is 3. The molecule has 0 aliphatic heterocycles. The van der Waals surface area contributed by atoms with Gasteiger partial charge in [0, 0.05) is 30.5 Å². The smallest absolute Gasteiger partial charge is 0.407 e. The standard InChI is InChI=1S/C34H42N4O4/c1-34(2,3)42-33(40)36-23-26-14-12-25(13-15-26)11-8-19-38(4)20-18-35-32(39)31-22-28-21-29(16-17-30(28)37-31)41-24-27-9-6-5-7-10-27/h5-7,9-10,12-17,21-22,37H,8,11,18-20,23-24H2,1-4H3,(H,35,39)(H,36,40). The molecule has 0 saturated carbocycles. The number of rotatable bonds is 13. The Morgan fingerprint density at radius 3 is 2.33 bits per heavy atom. The lowest BCUT2D eigenvalue weighted by Crippen LogP contribution is -2.33. The highest BCUT2D eigenvalue weighted by atomic mass is 16.6. The molecule has 0 aliphatic rings. The van der Waals surface area contributed by atoms with Gasteiger partial charge in [-0.3, -0.25) is 4.79 Å². The highest BCUT2D eigenvalue weighted by Crippen LogP contribution is 2.22. The van der Waals surface area contributed by atoms with Crippen molar-refractivity contribution in [2.45, 2.75) is 52.4 Å². The third-order valence-electron chi connectivity index (χ3n) is 6.73. The summed E-state index contributed by atoms with van der Waals surface area (Å²) in [6, 6.07) is 26.0. The second-order valence-electron chi connectivity index (χ2n) is 11.5. The van der Waals surface area contributed by atoms with Gasteiger partial charge in [0.1, 0.15) is 23.7 Å². The maximum absolute atomic E-state index is 12.7. The van der Waals surface area contributed by atoms with Gasteiger partial charge in [0.15, 0.2) is 0 Å². The first kappa shape index (κ1) is 30.7. The Kier molecular flexibility index (Phi) is 10.6. The Morgan fingerprint density at radius 2 is 1.60 bits per heavy atom. The van der Waals surface area contributed by atoms with Crippen molar-refractivity contribution in [3.8, 4) is 5.75 Å². The lowest BCUT2D eigenvalue weighted by molar-refractivity contribution is 0.0523. The molecule has 3 N–H and O–H groups in total. The number of hydrogen-bond acceptors (Lipinski definition) is 5. The summed E-state index contributed by atoms with van der Waals surface area (Å²) in [4.78, 5) is 30.0. The molecule has 222 valence electrons. The van der Waals surface area contributed by atoms with Crippen molar-refractivity contribution in [2.24, 2.45) is 0 Å². The molecule has 8 heteroatoms. The molecule has 0 aliphatic carbocycles. The summed E-state index contributed by atoms with van der Waals surface area (Å²) in [5, 5.41) is 6.74. The molecule has 1 aromatic heterocycles. The summed E-state index contributed by atoms with van der Waals surface area (Å²) in [6.45, 7) is 8.73. The largest absolute Gasteiger partial charge is 0.489 e. The zero-order valence-electron chi connectivity index (χ0n) is 25.0. The Bertz CT molecular complexity index is 1440. The highest BCUT2D eigenvalue weighted by molar-refractivity contribution is 5.98. The van der Waals surface area contributed by atoms with Gasteiger partial charge in [-0.2, -0.15) is 0 Å². The number of ether oxygens (including phenoxy) is 2. The van der Waals surface area contributed by atoms with Gasteiger partial charge in [-0.1, -0.05) is 54.6 Å². The third kappa shape index (κ3) is 9.96. The lowest BCUT2D eigenvalue weighted by atomic mass is 10.1. The van der Waals surface area contributed by atoms with Crippen LogP contribution in [-0.4, -0.2) is 54.2 Å². The highest BCUT2D eigenvalue weighted by Gasteiger charge is 2.15. The lowest BCUT2D eigenvalue weighted by Gasteiger charge is -2.19. The number of carbonyl (C=O) groups excluding carboxylic acids is 2. The van der Waals surface area contributed by atoms with Crippen molar-refractivity contribution in [3.63, 3.8) is 0 Å². The van der Waals surface area contributed by atoms with Crippen molar-refractivity contribution >= 4 is 22.9 Å². The number of likely N-dealkylation sites (N-methyl/N-ethyl adjacent to an activating group) is 1. The minimum atomic E-state index is -0.506. The van der Waals surface area contributed by atoms with Gasteiger partial charge in [-0.05, 0) is 88.2 Å². The molecule has 0 atom stereocenters. The van der Waals surface area contributed by atoms with E-state index < -0.39 is 11.7 Å². The minimum Gasteiger partial charge on any atom is -0.489 e. The van der Waals surface area contributed by atoms with E-state index in [1.54, 1.807) is 0 Å². The average molecular weight is 571 g/mol. The molecule has 0 bridgehead atoms. The number of aromatic amines is 1. The van der Waals surface area contributed by atoms with Gasteiger partial charge in [-0.25, -0.2) is 4.79 Å². The van der Waals surface area contributed by atoms with Crippen LogP contribution < -0.4 is 15.4 Å². The van der Waals surface area contributed by atoms with E-state index in [1.807, 2.05) is 87.5 Å². The van der Waals surface area contributed by atoms with Crippen molar-refractivity contribution < 1.29 is 19.1 Å². The van der Waals surface area contributed by atoms with E-state index in [0.717, 1.165) is 53.7 Å². The molecule has 4 aromatic rings. The number of hydrogen-bond donors (Lipinski definition) is 3. The quantitative estimate of drug-likeness (QED) is 0.181. The zero-order chi connectivity index (χ0) is 30.0. The number of alkyl carbamates (subject to hydrolysis) is 1. The number of nitrogens with zero attached hydrogens (tertiary/aromatic N) is 1. The van der Waals surface area contributed by atoms with Crippen LogP contribution in [0.3, 0.4) is 0 Å². The van der Waals surface area contributed by atoms with Crippen LogP contribution in [0.5, 0.6) is 5.75 Å². The fourth-order valence-corrected chi connectivity index (χ4v) is 4.50. The number of nitrogens with one attached hydrogen (secondary N) is 3. The van der Waals surface area contributed by atoms with Crippen molar-refractivity contribution in [1.29, 1.82) is 0 Å². The van der Waals surface area contributed by atoms with Crippen molar-refractivity contribution in [3.05, 3.63) is 101 Å². The van der Waals surface area contributed by atoms with Crippen molar-refractivity contribution in [1.82, 2.24) is 20.5 Å². The Morgan fingerprint density at radius 1 is 0.857 bits per heavy atom. The van der Waals surface area contributed by atoms with Gasteiger partial charge >= 0.3 is 6.09 Å². The SMILES string of the molecule is CN(CCCc1ccc(CNC(=O)OC(C)(C)C)cc1)CCNC(=O)c1cc2cc(OCc3ccccc3)ccc2[nH]1. The molecule has 1 heterocycles. The first-order chi connectivity index (χ1) is 20.1. The normalized spacial score (nSPS) is 11.5. The molecule has 0 unspecified atom stereocenters. The Labute approximate surface area is 248 Å². The fraction of sp³-hybridized carbons (Fsp3) is 0.353. The van der Waals surface area contributed by atoms with E-state index in [0.29, 0.717) is 25.4 Å². The van der Waals surface area contributed by atoms with Gasteiger partial charge in [0.25, 0.3) is 5.91 Å². The molecule has 2 amide bonds. The van der Waals surface area contributed by atoms with Gasteiger partial charge in [0.05, 0.1) is 0 Å². The predicted octanol–water partition coefficient (Wildman–Crippen LogP) is 6.07. The summed E-state index contributed by atoms with van der Waals surface area (Å²) in [7, 11) is 2.07. The van der Waals surface area contributed by atoms with E-state index in [-0.39, 0.29) is 5.91 Å². The van der Waals surface area contributed by atoms with E-state index in [9.17, 15) is 9.59 Å². The molecule has 0 spiro atoms. The molecule has 42 heavy (non-hydrogen) atoms. The second-order valence-corrected chi connectivity index (χ2v) is 11.5. The van der Waals surface area contributed by atoms with E-state index in [4.69, 9.17) is 9.47 Å². The second kappa shape index (κ2) is 14.5. The summed E-state index contributed by atoms with van der Waals surface area (Å²) in [5.74, 6) is 0.651. The van der Waals surface area contributed by atoms with Gasteiger partial charge in [-0.15, -0.1) is 0 Å². The number of carbonyl (C=O) groups is 2. The molecule has 3 aromatic carbocycles. The van der Waals surface area contributed by atoms with Gasteiger partial charge < -0.3 is 30.0 Å². The van der Waals surface area contributed by atoms with Crippen LogP contribution in [0.2, 0.25) is 0 Å². The van der Waals surface area contributed by atoms with E-state index in [2.05, 4.69) is 39.7 Å². The molecule has 0 fully saturated rings. The van der Waals surface area contributed by atoms with Crippen LogP contribution in [0, 0.1) is 0 Å². The Balaban J connectivity index is 1.13. The number of aromatic nitrogens is 1. The molecular formula is C34H42N4O4. The molecule has 8 nitrogen and oxygen atoms in total. The number of aryl methyl sites for hydroxylation is 1. The topological polar surface area (TPSA) is 95.7 Å². The summed E-state index contributed by atoms with van der Waals surface area (Å²) in [6.07, 6.45) is 1.56. The first-order valence-corrected chi connectivity index (χ1v) is 14.5. The summed E-state index contributed by atoms with van der Waals surface area (Å²) in [5.41, 5.74) is 4.33. The minimum absolute atomic E-state index is 0.118. The van der Waals surface area contributed by atoms with E-state index in [1.165, 1.54) is 5.56 Å². The maximum Gasteiger partial charge on any atom is 0.407 e. The third-order valence-corrected chi connectivity index (χ3v) is 6.73. The summed E-state index contributed by atoms with van der Waals surface area (Å²) < 4.78 is 11.2. The maximum atomic E-state index is 12.7. The fourth-order valence-electron chi connectivity index (χ4n) is 4.50. The van der Waals surface area contributed by atoms with Crippen molar-refractivity contribution in [2.75, 3.05) is 26.7 Å². The van der Waals surface area contributed by atoms with Crippen LogP contribution >= 0.6 is 0 Å². The van der Waals surface area contributed by atoms with Crippen LogP contribution in [0.25, 0.3) is 10.9 Å². The zero-order valence-corrected chi connectivity index (χ0v) is 25.0. The van der Waals surface area contributed by atoms with Crippen LogP contribution in [0.15, 0.2) is 78.9 Å². The molecule has 0 radical (unpaired) electrons.